The summed E-state index contributed by atoms with van der Waals surface area (Å²) in [6.45, 7) is 4.51. The van der Waals surface area contributed by atoms with Crippen molar-refractivity contribution in [1.29, 1.82) is 0 Å². The highest BCUT2D eigenvalue weighted by Gasteiger charge is 2.17. The molecule has 3 rings (SSSR count). The average Bonchev–Trinajstić information content (AvgIpc) is 2.57. The van der Waals surface area contributed by atoms with Crippen LogP contribution in [0.25, 0.3) is 0 Å². The van der Waals surface area contributed by atoms with Gasteiger partial charge in [-0.1, -0.05) is 44.2 Å². The van der Waals surface area contributed by atoms with Gasteiger partial charge in [0, 0.05) is 18.4 Å². The van der Waals surface area contributed by atoms with Gasteiger partial charge in [0.05, 0.1) is 0 Å². The Morgan fingerprint density at radius 2 is 1.58 bits per heavy atom. The molecule has 0 atom stereocenters. The number of fused-ring (bicyclic) bond motifs is 2. The van der Waals surface area contributed by atoms with Gasteiger partial charge < -0.3 is 4.90 Å². The molecule has 2 aromatic carbocycles. The number of hydrogen-bond acceptors (Lipinski definition) is 1. The predicted molar refractivity (Wildman–Crippen MR) is 82.4 cm³/mol. The number of nitrogens with zero attached hydrogens (tertiary/aromatic N) is 1. The van der Waals surface area contributed by atoms with E-state index >= 15 is 0 Å². The van der Waals surface area contributed by atoms with Crippen molar-refractivity contribution in [3.05, 3.63) is 59.2 Å². The number of rotatable bonds is 1. The Labute approximate surface area is 115 Å². The van der Waals surface area contributed by atoms with Crippen LogP contribution < -0.4 is 4.90 Å². The summed E-state index contributed by atoms with van der Waals surface area (Å²) in [7, 11) is 2.19. The lowest BCUT2D eigenvalue weighted by Crippen LogP contribution is -2.11. The zero-order valence-corrected chi connectivity index (χ0v) is 12.0. The Morgan fingerprint density at radius 3 is 2.32 bits per heavy atom. The molecule has 0 fully saturated rings. The monoisotopic (exact) mass is 251 g/mol. The molecule has 1 aliphatic rings. The third kappa shape index (κ3) is 2.14. The number of para-hydroxylation sites is 1. The molecule has 0 aromatic heterocycles. The zero-order valence-electron chi connectivity index (χ0n) is 12.0. The molecular weight excluding hydrogens is 230 g/mol. The normalized spacial score (nSPS) is 14.0. The molecule has 1 heterocycles. The van der Waals surface area contributed by atoms with Crippen molar-refractivity contribution < 1.29 is 0 Å². The predicted octanol–water partition coefficient (Wildman–Crippen LogP) is 4.68. The maximum atomic E-state index is 2.36. The second-order valence-corrected chi connectivity index (χ2v) is 5.73. The van der Waals surface area contributed by atoms with Gasteiger partial charge in [-0.3, -0.25) is 0 Å². The van der Waals surface area contributed by atoms with E-state index in [9.17, 15) is 0 Å². The summed E-state index contributed by atoms with van der Waals surface area (Å²) >= 11 is 0. The number of benzene rings is 2. The van der Waals surface area contributed by atoms with Crippen LogP contribution >= 0.6 is 0 Å². The number of hydrogen-bond donors (Lipinski definition) is 0. The highest BCUT2D eigenvalue weighted by atomic mass is 15.1. The molecule has 1 nitrogen and oxygen atoms in total. The van der Waals surface area contributed by atoms with E-state index in [1.165, 1.54) is 28.1 Å². The molecule has 0 aliphatic carbocycles. The van der Waals surface area contributed by atoms with Gasteiger partial charge in [-0.2, -0.15) is 0 Å². The Morgan fingerprint density at radius 1 is 0.895 bits per heavy atom. The number of aryl methyl sites for hydroxylation is 2. The summed E-state index contributed by atoms with van der Waals surface area (Å²) in [5, 5.41) is 0. The SMILES string of the molecule is CC(C)c1ccc2c(c1)N(C)c1ccccc1CC2. The average molecular weight is 251 g/mol. The molecule has 19 heavy (non-hydrogen) atoms. The van der Waals surface area contributed by atoms with Crippen molar-refractivity contribution in [1.82, 2.24) is 0 Å². The van der Waals surface area contributed by atoms with Crippen LogP contribution in [0.4, 0.5) is 11.4 Å². The summed E-state index contributed by atoms with van der Waals surface area (Å²) in [4.78, 5) is 2.35. The molecule has 0 spiro atoms. The molecule has 0 bridgehead atoms. The molecule has 0 unspecified atom stereocenters. The second kappa shape index (κ2) is 4.73. The number of anilines is 2. The van der Waals surface area contributed by atoms with Gasteiger partial charge >= 0.3 is 0 Å². The largest absolute Gasteiger partial charge is 0.344 e. The van der Waals surface area contributed by atoms with Crippen molar-refractivity contribution in [3.8, 4) is 0 Å². The topological polar surface area (TPSA) is 3.24 Å². The third-order valence-electron chi connectivity index (χ3n) is 4.15. The van der Waals surface area contributed by atoms with E-state index in [-0.39, 0.29) is 0 Å². The minimum Gasteiger partial charge on any atom is -0.344 e. The molecule has 0 saturated carbocycles. The van der Waals surface area contributed by atoms with E-state index < -0.39 is 0 Å². The smallest absolute Gasteiger partial charge is 0.0443 e. The van der Waals surface area contributed by atoms with Gasteiger partial charge in [-0.15, -0.1) is 0 Å². The minimum atomic E-state index is 0.581. The summed E-state index contributed by atoms with van der Waals surface area (Å²) in [6.07, 6.45) is 2.27. The van der Waals surface area contributed by atoms with Crippen molar-refractivity contribution in [2.45, 2.75) is 32.6 Å². The first-order chi connectivity index (χ1) is 9.16. The van der Waals surface area contributed by atoms with Crippen LogP contribution in [0.15, 0.2) is 42.5 Å². The summed E-state index contributed by atoms with van der Waals surface area (Å²) < 4.78 is 0. The minimum absolute atomic E-state index is 0.581. The Balaban J connectivity index is 2.13. The van der Waals surface area contributed by atoms with E-state index in [4.69, 9.17) is 0 Å². The molecule has 0 amide bonds. The summed E-state index contributed by atoms with van der Waals surface area (Å²) in [6, 6.07) is 15.7. The molecule has 0 saturated heterocycles. The fourth-order valence-corrected chi connectivity index (χ4v) is 2.91. The van der Waals surface area contributed by atoms with Crippen LogP contribution in [0.5, 0.6) is 0 Å². The highest BCUT2D eigenvalue weighted by Crippen LogP contribution is 2.36. The lowest BCUT2D eigenvalue weighted by molar-refractivity contribution is 0.863. The Bertz CT molecular complexity index is 598. The Kier molecular flexibility index (Phi) is 3.06. The first kappa shape index (κ1) is 12.3. The fraction of sp³-hybridized carbons (Fsp3) is 0.333. The van der Waals surface area contributed by atoms with Crippen molar-refractivity contribution in [2.24, 2.45) is 0 Å². The van der Waals surface area contributed by atoms with Crippen molar-refractivity contribution >= 4 is 11.4 Å². The van der Waals surface area contributed by atoms with Crippen LogP contribution in [0, 0.1) is 0 Å². The molecule has 1 heteroatoms. The van der Waals surface area contributed by atoms with Gasteiger partial charge in [-0.05, 0) is 47.6 Å². The van der Waals surface area contributed by atoms with Gasteiger partial charge in [0.15, 0.2) is 0 Å². The quantitative estimate of drug-likeness (QED) is 0.711. The standard InChI is InChI=1S/C18H21N/c1-13(2)16-11-10-15-9-8-14-6-4-5-7-17(14)19(3)18(15)12-16/h4-7,10-13H,8-9H2,1-3H3. The van der Waals surface area contributed by atoms with E-state index in [2.05, 4.69) is 68.3 Å². The molecule has 0 N–H and O–H groups in total. The van der Waals surface area contributed by atoms with E-state index in [0.29, 0.717) is 5.92 Å². The van der Waals surface area contributed by atoms with E-state index in [1.807, 2.05) is 0 Å². The summed E-state index contributed by atoms with van der Waals surface area (Å²) in [5.41, 5.74) is 7.05. The molecular formula is C18H21N. The van der Waals surface area contributed by atoms with Crippen LogP contribution in [-0.2, 0) is 12.8 Å². The van der Waals surface area contributed by atoms with Gasteiger partial charge in [0.25, 0.3) is 0 Å². The molecule has 98 valence electrons. The van der Waals surface area contributed by atoms with Gasteiger partial charge in [-0.25, -0.2) is 0 Å². The molecule has 1 aliphatic heterocycles. The Hall–Kier alpha value is -1.76. The first-order valence-corrected chi connectivity index (χ1v) is 7.11. The first-order valence-electron chi connectivity index (χ1n) is 7.11. The maximum absolute atomic E-state index is 2.36. The van der Waals surface area contributed by atoms with Gasteiger partial charge in [0.1, 0.15) is 0 Å². The second-order valence-electron chi connectivity index (χ2n) is 5.73. The lowest BCUT2D eigenvalue weighted by Gasteiger charge is -2.23. The van der Waals surface area contributed by atoms with Crippen LogP contribution in [0.1, 0.15) is 36.5 Å². The zero-order chi connectivity index (χ0) is 13.4. The van der Waals surface area contributed by atoms with E-state index in [1.54, 1.807) is 0 Å². The van der Waals surface area contributed by atoms with Crippen LogP contribution in [0.2, 0.25) is 0 Å². The maximum Gasteiger partial charge on any atom is 0.0443 e. The molecule has 2 aromatic rings. The fourth-order valence-electron chi connectivity index (χ4n) is 2.91. The van der Waals surface area contributed by atoms with Crippen LogP contribution in [-0.4, -0.2) is 7.05 Å². The van der Waals surface area contributed by atoms with E-state index in [0.717, 1.165) is 12.8 Å². The lowest BCUT2D eigenvalue weighted by atomic mass is 9.98. The highest BCUT2D eigenvalue weighted by molar-refractivity contribution is 5.71. The molecule has 0 radical (unpaired) electrons. The summed E-state index contributed by atoms with van der Waals surface area (Å²) in [5.74, 6) is 0.581. The van der Waals surface area contributed by atoms with Crippen molar-refractivity contribution in [2.75, 3.05) is 11.9 Å². The third-order valence-corrected chi connectivity index (χ3v) is 4.15. The van der Waals surface area contributed by atoms with Crippen molar-refractivity contribution in [3.63, 3.8) is 0 Å². The van der Waals surface area contributed by atoms with Crippen LogP contribution in [0.3, 0.4) is 0 Å². The van der Waals surface area contributed by atoms with Gasteiger partial charge in [0.2, 0.25) is 0 Å².